The second-order valence-corrected chi connectivity index (χ2v) is 4.79. The molecule has 98 valence electrons. The molecule has 0 saturated heterocycles. The number of nitrogens with zero attached hydrogens (tertiary/aromatic N) is 1. The first-order valence-electron chi connectivity index (χ1n) is 6.32. The zero-order valence-electron chi connectivity index (χ0n) is 10.9. The van der Waals surface area contributed by atoms with Gasteiger partial charge < -0.3 is 5.11 Å². The fourth-order valence-electron chi connectivity index (χ4n) is 2.17. The molecular formula is C16H17NO2. The number of carbonyl (C=O) groups is 1. The number of rotatable bonds is 5. The maximum atomic E-state index is 11.4. The molecule has 1 aromatic heterocycles. The lowest BCUT2D eigenvalue weighted by Crippen LogP contribution is -2.19. The number of benzene rings is 1. The highest BCUT2D eigenvalue weighted by Crippen LogP contribution is 2.15. The van der Waals surface area contributed by atoms with Gasteiger partial charge in [-0.15, -0.1) is 0 Å². The van der Waals surface area contributed by atoms with Crippen LogP contribution in [0.25, 0.3) is 0 Å². The van der Waals surface area contributed by atoms with Crippen LogP contribution in [0.5, 0.6) is 0 Å². The average Bonchev–Trinajstić information content (AvgIpc) is 2.39. The van der Waals surface area contributed by atoms with Crippen molar-refractivity contribution in [2.24, 2.45) is 5.92 Å². The van der Waals surface area contributed by atoms with Gasteiger partial charge in [0.05, 0.1) is 5.92 Å². The van der Waals surface area contributed by atoms with Crippen LogP contribution in [0.4, 0.5) is 0 Å². The lowest BCUT2D eigenvalue weighted by Gasteiger charge is -2.12. The smallest absolute Gasteiger partial charge is 0.307 e. The summed E-state index contributed by atoms with van der Waals surface area (Å²) in [6.45, 7) is 2.01. The summed E-state index contributed by atoms with van der Waals surface area (Å²) in [6.07, 6.45) is 4.48. The minimum Gasteiger partial charge on any atom is -0.481 e. The van der Waals surface area contributed by atoms with Crippen molar-refractivity contribution in [2.45, 2.75) is 19.8 Å². The average molecular weight is 255 g/mol. The predicted octanol–water partition coefficient (Wildman–Crippen LogP) is 2.88. The second kappa shape index (κ2) is 6.14. The van der Waals surface area contributed by atoms with Crippen molar-refractivity contribution in [2.75, 3.05) is 0 Å². The molecule has 0 aliphatic rings. The Morgan fingerprint density at radius 2 is 1.95 bits per heavy atom. The number of hydrogen-bond acceptors (Lipinski definition) is 2. The third kappa shape index (κ3) is 3.91. The second-order valence-electron chi connectivity index (χ2n) is 4.79. The Morgan fingerprint density at radius 1 is 1.21 bits per heavy atom. The summed E-state index contributed by atoms with van der Waals surface area (Å²) < 4.78 is 0. The molecule has 0 bridgehead atoms. The summed E-state index contributed by atoms with van der Waals surface area (Å²) in [4.78, 5) is 15.4. The topological polar surface area (TPSA) is 50.2 Å². The molecule has 1 unspecified atom stereocenters. The largest absolute Gasteiger partial charge is 0.481 e. The van der Waals surface area contributed by atoms with Gasteiger partial charge in [0.2, 0.25) is 0 Å². The van der Waals surface area contributed by atoms with Gasteiger partial charge in [-0.25, -0.2) is 0 Å². The normalized spacial score (nSPS) is 12.1. The van der Waals surface area contributed by atoms with Gasteiger partial charge in [-0.2, -0.15) is 0 Å². The van der Waals surface area contributed by atoms with Crippen LogP contribution in [0.1, 0.15) is 16.7 Å². The Balaban J connectivity index is 2.11. The molecule has 0 amide bonds. The van der Waals surface area contributed by atoms with Crippen LogP contribution in [0.3, 0.4) is 0 Å². The van der Waals surface area contributed by atoms with Crippen LogP contribution in [0.15, 0.2) is 48.8 Å². The lowest BCUT2D eigenvalue weighted by atomic mass is 9.93. The fourth-order valence-corrected chi connectivity index (χ4v) is 2.17. The van der Waals surface area contributed by atoms with Gasteiger partial charge in [0.1, 0.15) is 0 Å². The van der Waals surface area contributed by atoms with Crippen LogP contribution in [-0.2, 0) is 17.6 Å². The summed E-state index contributed by atoms with van der Waals surface area (Å²) in [6, 6.07) is 11.7. The summed E-state index contributed by atoms with van der Waals surface area (Å²) in [5.74, 6) is -1.17. The van der Waals surface area contributed by atoms with Crippen molar-refractivity contribution in [1.82, 2.24) is 4.98 Å². The maximum absolute atomic E-state index is 11.4. The number of aliphatic carboxylic acids is 1. The fraction of sp³-hybridized carbons (Fsp3) is 0.250. The van der Waals surface area contributed by atoms with Crippen LogP contribution in [0, 0.1) is 12.8 Å². The van der Waals surface area contributed by atoms with Crippen molar-refractivity contribution >= 4 is 5.97 Å². The van der Waals surface area contributed by atoms with Gasteiger partial charge in [0.25, 0.3) is 0 Å². The van der Waals surface area contributed by atoms with Gasteiger partial charge in [-0.3, -0.25) is 9.78 Å². The van der Waals surface area contributed by atoms with Crippen molar-refractivity contribution in [3.63, 3.8) is 0 Å². The Labute approximate surface area is 112 Å². The molecule has 0 aliphatic heterocycles. The summed E-state index contributed by atoms with van der Waals surface area (Å²) in [5.41, 5.74) is 3.18. The molecule has 1 atom stereocenters. The Morgan fingerprint density at radius 3 is 2.58 bits per heavy atom. The molecule has 2 rings (SSSR count). The van der Waals surface area contributed by atoms with E-state index in [9.17, 15) is 9.90 Å². The number of pyridine rings is 1. The Bertz CT molecular complexity index is 552. The van der Waals surface area contributed by atoms with Crippen LogP contribution in [0.2, 0.25) is 0 Å². The first kappa shape index (κ1) is 13.3. The van der Waals surface area contributed by atoms with Crippen LogP contribution >= 0.6 is 0 Å². The molecule has 1 heterocycles. The first-order chi connectivity index (χ1) is 9.15. The third-order valence-electron chi connectivity index (χ3n) is 3.12. The highest BCUT2D eigenvalue weighted by atomic mass is 16.4. The maximum Gasteiger partial charge on any atom is 0.307 e. The number of carboxylic acids is 1. The van der Waals surface area contributed by atoms with Crippen molar-refractivity contribution in [3.8, 4) is 0 Å². The van der Waals surface area contributed by atoms with E-state index in [0.717, 1.165) is 16.7 Å². The molecule has 3 heteroatoms. The van der Waals surface area contributed by atoms with E-state index in [0.29, 0.717) is 12.8 Å². The minimum atomic E-state index is -0.759. The van der Waals surface area contributed by atoms with Crippen molar-refractivity contribution in [3.05, 3.63) is 65.5 Å². The molecule has 0 fully saturated rings. The molecule has 0 spiro atoms. The monoisotopic (exact) mass is 255 g/mol. The highest BCUT2D eigenvalue weighted by molar-refractivity contribution is 5.70. The van der Waals surface area contributed by atoms with E-state index in [4.69, 9.17) is 0 Å². The quantitative estimate of drug-likeness (QED) is 0.893. The predicted molar refractivity (Wildman–Crippen MR) is 73.9 cm³/mol. The van der Waals surface area contributed by atoms with E-state index in [1.807, 2.05) is 43.3 Å². The number of aromatic nitrogens is 1. The molecule has 1 aromatic carbocycles. The molecule has 2 aromatic rings. The number of aryl methyl sites for hydroxylation is 1. The highest BCUT2D eigenvalue weighted by Gasteiger charge is 2.18. The van der Waals surface area contributed by atoms with E-state index < -0.39 is 11.9 Å². The van der Waals surface area contributed by atoms with E-state index >= 15 is 0 Å². The number of hydrogen-bond donors (Lipinski definition) is 1. The van der Waals surface area contributed by atoms with E-state index in [1.165, 1.54) is 0 Å². The molecule has 19 heavy (non-hydrogen) atoms. The Kier molecular flexibility index (Phi) is 4.29. The molecule has 0 aliphatic carbocycles. The number of carboxylic acid groups (broad SMARTS) is 1. The van der Waals surface area contributed by atoms with Gasteiger partial charge in [-0.1, -0.05) is 35.9 Å². The molecule has 0 saturated carbocycles. The van der Waals surface area contributed by atoms with E-state index in [1.54, 1.807) is 12.4 Å². The lowest BCUT2D eigenvalue weighted by molar-refractivity contribution is -0.141. The summed E-state index contributed by atoms with van der Waals surface area (Å²) >= 11 is 0. The SMILES string of the molecule is Cc1cccc(CC(Cc2cccnc2)C(=O)O)c1. The van der Waals surface area contributed by atoms with Gasteiger partial charge in [-0.05, 0) is 37.0 Å². The van der Waals surface area contributed by atoms with E-state index in [2.05, 4.69) is 4.98 Å². The van der Waals surface area contributed by atoms with Gasteiger partial charge in [0.15, 0.2) is 0 Å². The molecule has 0 radical (unpaired) electrons. The van der Waals surface area contributed by atoms with E-state index in [-0.39, 0.29) is 0 Å². The standard InChI is InChI=1S/C16H17NO2/c1-12-4-2-5-13(8-12)9-15(16(18)19)10-14-6-3-7-17-11-14/h2-8,11,15H,9-10H2,1H3,(H,18,19). The Hall–Kier alpha value is -2.16. The van der Waals surface area contributed by atoms with Crippen LogP contribution < -0.4 is 0 Å². The van der Waals surface area contributed by atoms with Crippen molar-refractivity contribution < 1.29 is 9.90 Å². The zero-order chi connectivity index (χ0) is 13.7. The van der Waals surface area contributed by atoms with Crippen molar-refractivity contribution in [1.29, 1.82) is 0 Å². The summed E-state index contributed by atoms with van der Waals surface area (Å²) in [5, 5.41) is 9.34. The van der Waals surface area contributed by atoms with Crippen LogP contribution in [-0.4, -0.2) is 16.1 Å². The first-order valence-corrected chi connectivity index (χ1v) is 6.32. The zero-order valence-corrected chi connectivity index (χ0v) is 10.9. The minimum absolute atomic E-state index is 0.411. The molecular weight excluding hydrogens is 238 g/mol. The summed E-state index contributed by atoms with van der Waals surface area (Å²) in [7, 11) is 0. The third-order valence-corrected chi connectivity index (χ3v) is 3.12. The van der Waals surface area contributed by atoms with Gasteiger partial charge in [0, 0.05) is 12.4 Å². The molecule has 1 N–H and O–H groups in total. The van der Waals surface area contributed by atoms with Gasteiger partial charge >= 0.3 is 5.97 Å². The molecule has 3 nitrogen and oxygen atoms in total.